The summed E-state index contributed by atoms with van der Waals surface area (Å²) in [5.74, 6) is -3.37. The highest BCUT2D eigenvalue weighted by atomic mass is 32.2. The Morgan fingerprint density at radius 1 is 1.30 bits per heavy atom. The summed E-state index contributed by atoms with van der Waals surface area (Å²) in [6.07, 6.45) is 3.93. The maximum absolute atomic E-state index is 13.5. The van der Waals surface area contributed by atoms with E-state index in [1.54, 1.807) is 0 Å². The normalized spacial score (nSPS) is 17.0. The molecule has 0 bridgehead atoms. The number of benzene rings is 1. The minimum atomic E-state index is -3.92. The summed E-state index contributed by atoms with van der Waals surface area (Å²) in [4.78, 5) is 12.0. The van der Waals surface area contributed by atoms with Crippen LogP contribution in [0.15, 0.2) is 18.2 Å². The molecular formula is C15H20F2N2O3S. The maximum Gasteiger partial charge on any atom is 0.233 e. The first-order valence-electron chi connectivity index (χ1n) is 7.53. The quantitative estimate of drug-likeness (QED) is 0.830. The van der Waals surface area contributed by atoms with Gasteiger partial charge < -0.3 is 5.32 Å². The fourth-order valence-corrected chi connectivity index (χ4v) is 3.99. The van der Waals surface area contributed by atoms with Crippen LogP contribution in [0.5, 0.6) is 0 Å². The van der Waals surface area contributed by atoms with Gasteiger partial charge in [-0.15, -0.1) is 0 Å². The van der Waals surface area contributed by atoms with Crippen LogP contribution < -0.4 is 10.0 Å². The van der Waals surface area contributed by atoms with Crippen LogP contribution >= 0.6 is 0 Å². The first-order chi connectivity index (χ1) is 10.8. The van der Waals surface area contributed by atoms with Crippen LogP contribution in [-0.4, -0.2) is 26.1 Å². The standard InChI is InChI=1S/C15H20F2N2O3S/c1-10(15(20)18-12-4-2-3-5-12)9-23(21,22)19-14-7-6-11(16)8-13(14)17/h6-8,10,12,19H,2-5,9H2,1H3,(H,18,20). The molecule has 0 aromatic heterocycles. The molecule has 1 aliphatic rings. The molecule has 1 aromatic carbocycles. The Balaban J connectivity index is 1.95. The predicted octanol–water partition coefficient (Wildman–Crippen LogP) is 2.40. The minimum Gasteiger partial charge on any atom is -0.353 e. The predicted molar refractivity (Wildman–Crippen MR) is 83.3 cm³/mol. The van der Waals surface area contributed by atoms with Gasteiger partial charge in [-0.2, -0.15) is 0 Å². The van der Waals surface area contributed by atoms with Gasteiger partial charge in [0, 0.05) is 12.1 Å². The second-order valence-electron chi connectivity index (χ2n) is 5.90. The van der Waals surface area contributed by atoms with Crippen molar-refractivity contribution in [2.24, 2.45) is 5.92 Å². The average Bonchev–Trinajstić information content (AvgIpc) is 2.94. The topological polar surface area (TPSA) is 75.3 Å². The Morgan fingerprint density at radius 3 is 2.57 bits per heavy atom. The second-order valence-corrected chi connectivity index (χ2v) is 7.67. The SMILES string of the molecule is CC(CS(=O)(=O)Nc1ccc(F)cc1F)C(=O)NC1CCCC1. The zero-order valence-electron chi connectivity index (χ0n) is 12.8. The van der Waals surface area contributed by atoms with E-state index < -0.39 is 33.3 Å². The van der Waals surface area contributed by atoms with Crippen molar-refractivity contribution in [2.45, 2.75) is 38.6 Å². The van der Waals surface area contributed by atoms with Crippen molar-refractivity contribution in [3.63, 3.8) is 0 Å². The molecule has 1 aliphatic carbocycles. The highest BCUT2D eigenvalue weighted by molar-refractivity contribution is 7.92. The van der Waals surface area contributed by atoms with Crippen LogP contribution in [0.4, 0.5) is 14.5 Å². The number of anilines is 1. The fraction of sp³-hybridized carbons (Fsp3) is 0.533. The van der Waals surface area contributed by atoms with Crippen molar-refractivity contribution in [3.8, 4) is 0 Å². The molecule has 1 unspecified atom stereocenters. The molecule has 0 radical (unpaired) electrons. The van der Waals surface area contributed by atoms with Crippen molar-refractivity contribution in [1.82, 2.24) is 5.32 Å². The molecule has 0 saturated heterocycles. The van der Waals surface area contributed by atoms with Gasteiger partial charge in [0.25, 0.3) is 0 Å². The van der Waals surface area contributed by atoms with Crippen LogP contribution in [0.2, 0.25) is 0 Å². The lowest BCUT2D eigenvalue weighted by Crippen LogP contribution is -2.39. The smallest absolute Gasteiger partial charge is 0.233 e. The molecular weight excluding hydrogens is 326 g/mol. The van der Waals surface area contributed by atoms with E-state index in [4.69, 9.17) is 0 Å². The van der Waals surface area contributed by atoms with Crippen LogP contribution in [0.1, 0.15) is 32.6 Å². The van der Waals surface area contributed by atoms with Crippen molar-refractivity contribution in [3.05, 3.63) is 29.8 Å². The van der Waals surface area contributed by atoms with E-state index in [9.17, 15) is 22.0 Å². The first-order valence-corrected chi connectivity index (χ1v) is 9.18. The lowest BCUT2D eigenvalue weighted by atomic mass is 10.1. The van der Waals surface area contributed by atoms with Crippen LogP contribution in [0, 0.1) is 17.6 Å². The zero-order chi connectivity index (χ0) is 17.0. The van der Waals surface area contributed by atoms with Gasteiger partial charge in [-0.05, 0) is 25.0 Å². The molecule has 5 nitrogen and oxygen atoms in total. The molecule has 23 heavy (non-hydrogen) atoms. The molecule has 2 N–H and O–H groups in total. The molecule has 8 heteroatoms. The summed E-state index contributed by atoms with van der Waals surface area (Å²) in [6.45, 7) is 1.50. The number of amides is 1. The van der Waals surface area contributed by atoms with E-state index in [-0.39, 0.29) is 17.6 Å². The molecule has 128 valence electrons. The Bertz CT molecular complexity index is 673. The molecule has 1 atom stereocenters. The van der Waals surface area contributed by atoms with Gasteiger partial charge in [-0.25, -0.2) is 17.2 Å². The van der Waals surface area contributed by atoms with Crippen LogP contribution in [0.25, 0.3) is 0 Å². The third-order valence-corrected chi connectivity index (χ3v) is 5.28. The number of hydrogen-bond donors (Lipinski definition) is 2. The Hall–Kier alpha value is -1.70. The summed E-state index contributed by atoms with van der Waals surface area (Å²) in [7, 11) is -3.92. The Labute approximate surface area is 134 Å². The highest BCUT2D eigenvalue weighted by Gasteiger charge is 2.25. The largest absolute Gasteiger partial charge is 0.353 e. The number of nitrogens with one attached hydrogen (secondary N) is 2. The molecule has 0 heterocycles. The molecule has 1 aromatic rings. The van der Waals surface area contributed by atoms with Gasteiger partial charge in [0.2, 0.25) is 15.9 Å². The number of halogens is 2. The van der Waals surface area contributed by atoms with E-state index in [1.165, 1.54) is 6.92 Å². The van der Waals surface area contributed by atoms with E-state index in [2.05, 4.69) is 5.32 Å². The van der Waals surface area contributed by atoms with Gasteiger partial charge in [0.1, 0.15) is 11.6 Å². The Kier molecular flexibility index (Phi) is 5.56. The fourth-order valence-electron chi connectivity index (χ4n) is 2.60. The zero-order valence-corrected chi connectivity index (χ0v) is 13.6. The van der Waals surface area contributed by atoms with Crippen LogP contribution in [0.3, 0.4) is 0 Å². The van der Waals surface area contributed by atoms with E-state index in [1.807, 2.05) is 4.72 Å². The summed E-state index contributed by atoms with van der Waals surface area (Å²) >= 11 is 0. The monoisotopic (exact) mass is 346 g/mol. The number of sulfonamides is 1. The second kappa shape index (κ2) is 7.25. The van der Waals surface area contributed by atoms with Gasteiger partial charge in [0.15, 0.2) is 0 Å². The van der Waals surface area contributed by atoms with Gasteiger partial charge >= 0.3 is 0 Å². The average molecular weight is 346 g/mol. The molecule has 2 rings (SSSR count). The molecule has 0 spiro atoms. The molecule has 1 amide bonds. The summed E-state index contributed by atoms with van der Waals surface area (Å²) < 4.78 is 52.4. The van der Waals surface area contributed by atoms with Crippen molar-refractivity contribution < 1.29 is 22.0 Å². The summed E-state index contributed by atoms with van der Waals surface area (Å²) in [5.41, 5.74) is -0.338. The lowest BCUT2D eigenvalue weighted by Gasteiger charge is -2.17. The maximum atomic E-state index is 13.5. The summed E-state index contributed by atoms with van der Waals surface area (Å²) in [5, 5.41) is 2.83. The third kappa shape index (κ3) is 5.16. The van der Waals surface area contributed by atoms with Crippen LogP contribution in [-0.2, 0) is 14.8 Å². The van der Waals surface area contributed by atoms with Gasteiger partial charge in [-0.1, -0.05) is 19.8 Å². The molecule has 1 fully saturated rings. The minimum absolute atomic E-state index is 0.107. The van der Waals surface area contributed by atoms with Crippen molar-refractivity contribution in [2.75, 3.05) is 10.5 Å². The summed E-state index contributed by atoms with van der Waals surface area (Å²) in [6, 6.07) is 2.66. The number of rotatable bonds is 6. The van der Waals surface area contributed by atoms with E-state index in [0.29, 0.717) is 6.07 Å². The van der Waals surface area contributed by atoms with Gasteiger partial charge in [0.05, 0.1) is 17.4 Å². The third-order valence-electron chi connectivity index (χ3n) is 3.82. The molecule has 1 saturated carbocycles. The number of carbonyl (C=O) groups excluding carboxylic acids is 1. The first kappa shape index (κ1) is 17.7. The molecule has 0 aliphatic heterocycles. The van der Waals surface area contributed by atoms with E-state index in [0.717, 1.165) is 37.8 Å². The van der Waals surface area contributed by atoms with Crippen molar-refractivity contribution in [1.29, 1.82) is 0 Å². The lowest BCUT2D eigenvalue weighted by molar-refractivity contribution is -0.124. The Morgan fingerprint density at radius 2 is 1.96 bits per heavy atom. The van der Waals surface area contributed by atoms with E-state index >= 15 is 0 Å². The van der Waals surface area contributed by atoms with Gasteiger partial charge in [-0.3, -0.25) is 9.52 Å². The highest BCUT2D eigenvalue weighted by Crippen LogP contribution is 2.19. The number of carbonyl (C=O) groups is 1. The number of hydrogen-bond acceptors (Lipinski definition) is 3. The van der Waals surface area contributed by atoms with Crippen molar-refractivity contribution >= 4 is 21.6 Å².